The van der Waals surface area contributed by atoms with Gasteiger partial charge < -0.3 is 10.1 Å². The van der Waals surface area contributed by atoms with Crippen LogP contribution < -0.4 is 5.32 Å². The molecule has 0 aliphatic heterocycles. The van der Waals surface area contributed by atoms with E-state index in [1.807, 2.05) is 6.07 Å². The molecule has 1 amide bonds. The van der Waals surface area contributed by atoms with Crippen LogP contribution in [0.4, 0.5) is 0 Å². The molecule has 0 radical (unpaired) electrons. The molecule has 0 heterocycles. The van der Waals surface area contributed by atoms with E-state index < -0.39 is 17.9 Å². The zero-order valence-electron chi connectivity index (χ0n) is 8.77. The average Bonchev–Trinajstić information content (AvgIpc) is 2.35. The summed E-state index contributed by atoms with van der Waals surface area (Å²) in [7, 11) is 1.27. The third-order valence-electron chi connectivity index (χ3n) is 2.00. The molecule has 1 aromatic carbocycles. The molecule has 0 aromatic heterocycles. The monoisotopic (exact) mass is 241 g/mol. The maximum absolute atomic E-state index is 11.5. The number of carbonyl (C=O) groups is 2. The smallest absolute Gasteiger partial charge is 0.333 e. The van der Waals surface area contributed by atoms with Gasteiger partial charge in [0.25, 0.3) is 0 Å². The summed E-state index contributed by atoms with van der Waals surface area (Å²) in [6, 6.07) is 8.03. The maximum Gasteiger partial charge on any atom is 0.333 e. The van der Waals surface area contributed by atoms with Crippen molar-refractivity contribution in [2.45, 2.75) is 6.04 Å². The number of methoxy groups -OCH3 is 1. The second-order valence-electron chi connectivity index (χ2n) is 3.07. The van der Waals surface area contributed by atoms with Gasteiger partial charge in [0.05, 0.1) is 7.11 Å². The Morgan fingerprint density at radius 3 is 2.50 bits per heavy atom. The van der Waals surface area contributed by atoms with Crippen molar-refractivity contribution in [1.29, 1.82) is 0 Å². The Bertz CT molecular complexity index is 367. The number of amides is 1. The first-order chi connectivity index (χ1) is 7.69. The summed E-state index contributed by atoms with van der Waals surface area (Å²) in [6.07, 6.45) is 0. The van der Waals surface area contributed by atoms with Crippen LogP contribution in [0, 0.1) is 0 Å². The summed E-state index contributed by atoms with van der Waals surface area (Å²) in [5.74, 6) is -1.13. The van der Waals surface area contributed by atoms with E-state index in [0.717, 1.165) is 0 Å². The lowest BCUT2D eigenvalue weighted by molar-refractivity contribution is -0.145. The number of benzene rings is 1. The van der Waals surface area contributed by atoms with Gasteiger partial charge in [-0.25, -0.2) is 4.79 Å². The molecule has 0 fully saturated rings. The summed E-state index contributed by atoms with van der Waals surface area (Å²) in [5.41, 5.74) is 0.660. The van der Waals surface area contributed by atoms with Gasteiger partial charge in [0.15, 0.2) is 6.04 Å². The molecule has 4 nitrogen and oxygen atoms in total. The lowest BCUT2D eigenvalue weighted by Gasteiger charge is -2.15. The third-order valence-corrected chi connectivity index (χ3v) is 2.24. The van der Waals surface area contributed by atoms with Crippen molar-refractivity contribution in [3.63, 3.8) is 0 Å². The highest BCUT2D eigenvalue weighted by molar-refractivity contribution is 6.27. The van der Waals surface area contributed by atoms with Crippen LogP contribution in [0.5, 0.6) is 0 Å². The zero-order chi connectivity index (χ0) is 12.0. The standard InChI is InChI=1S/C11H12ClNO3/c1-16-11(15)10(13-9(14)7-12)8-5-3-2-4-6-8/h2-6,10H,7H2,1H3,(H,13,14). The Hall–Kier alpha value is -1.55. The van der Waals surface area contributed by atoms with Gasteiger partial charge in [-0.1, -0.05) is 30.3 Å². The molecule has 0 bridgehead atoms. The Balaban J connectivity index is 2.88. The van der Waals surface area contributed by atoms with Crippen LogP contribution in [0.25, 0.3) is 0 Å². The summed E-state index contributed by atoms with van der Waals surface area (Å²) in [6.45, 7) is 0. The van der Waals surface area contributed by atoms with Gasteiger partial charge in [-0.05, 0) is 5.56 Å². The summed E-state index contributed by atoms with van der Waals surface area (Å²) in [4.78, 5) is 22.6. The van der Waals surface area contributed by atoms with Gasteiger partial charge in [0, 0.05) is 0 Å². The minimum atomic E-state index is -0.808. The molecule has 5 heteroatoms. The summed E-state index contributed by atoms with van der Waals surface area (Å²) >= 11 is 5.37. The minimum Gasteiger partial charge on any atom is -0.467 e. The molecule has 0 aliphatic rings. The molecule has 1 N–H and O–H groups in total. The second-order valence-corrected chi connectivity index (χ2v) is 3.34. The van der Waals surface area contributed by atoms with Crippen LogP contribution in [0.3, 0.4) is 0 Å². The van der Waals surface area contributed by atoms with Crippen LogP contribution in [0.1, 0.15) is 11.6 Å². The first-order valence-corrected chi connectivity index (χ1v) is 5.20. The fraction of sp³-hybridized carbons (Fsp3) is 0.273. The number of halogens is 1. The van der Waals surface area contributed by atoms with Gasteiger partial charge in [0.1, 0.15) is 5.88 Å². The van der Waals surface area contributed by atoms with Gasteiger partial charge in [0.2, 0.25) is 5.91 Å². The van der Waals surface area contributed by atoms with E-state index in [9.17, 15) is 9.59 Å². The van der Waals surface area contributed by atoms with Crippen molar-refractivity contribution in [2.24, 2.45) is 0 Å². The van der Waals surface area contributed by atoms with E-state index >= 15 is 0 Å². The Morgan fingerprint density at radius 1 is 1.38 bits per heavy atom. The minimum absolute atomic E-state index is 0.194. The molecule has 1 atom stereocenters. The first-order valence-electron chi connectivity index (χ1n) is 4.67. The quantitative estimate of drug-likeness (QED) is 0.638. The van der Waals surface area contributed by atoms with Crippen molar-refractivity contribution < 1.29 is 14.3 Å². The number of ether oxygens (including phenoxy) is 1. The normalized spacial score (nSPS) is 11.6. The molecule has 0 aliphatic carbocycles. The Morgan fingerprint density at radius 2 is 2.00 bits per heavy atom. The van der Waals surface area contributed by atoms with Crippen LogP contribution >= 0.6 is 11.6 Å². The highest BCUT2D eigenvalue weighted by Crippen LogP contribution is 2.13. The molecule has 1 aromatic rings. The van der Waals surface area contributed by atoms with Crippen LogP contribution in [0.15, 0.2) is 30.3 Å². The van der Waals surface area contributed by atoms with Crippen LogP contribution in [-0.4, -0.2) is 24.9 Å². The summed E-state index contributed by atoms with van der Waals surface area (Å²) in [5, 5.41) is 2.49. The van der Waals surface area contributed by atoms with E-state index in [0.29, 0.717) is 5.56 Å². The number of rotatable bonds is 4. The van der Waals surface area contributed by atoms with E-state index in [-0.39, 0.29) is 5.88 Å². The number of hydrogen-bond acceptors (Lipinski definition) is 3. The van der Waals surface area contributed by atoms with E-state index in [1.54, 1.807) is 24.3 Å². The maximum atomic E-state index is 11.5. The number of nitrogens with one attached hydrogen (secondary N) is 1. The SMILES string of the molecule is COC(=O)C(NC(=O)CCl)c1ccccc1. The lowest BCUT2D eigenvalue weighted by atomic mass is 10.1. The van der Waals surface area contributed by atoms with Gasteiger partial charge >= 0.3 is 5.97 Å². The van der Waals surface area contributed by atoms with Gasteiger partial charge in [-0.3, -0.25) is 4.79 Å². The predicted octanol–water partition coefficient (Wildman–Crippen LogP) is 1.26. The molecule has 0 saturated heterocycles. The molecule has 0 spiro atoms. The number of hydrogen-bond donors (Lipinski definition) is 1. The number of alkyl halides is 1. The molecule has 16 heavy (non-hydrogen) atoms. The van der Waals surface area contributed by atoms with Crippen LogP contribution in [-0.2, 0) is 14.3 Å². The average molecular weight is 242 g/mol. The lowest BCUT2D eigenvalue weighted by Crippen LogP contribution is -2.35. The fourth-order valence-corrected chi connectivity index (χ4v) is 1.32. The second kappa shape index (κ2) is 6.12. The number of carbonyl (C=O) groups excluding carboxylic acids is 2. The number of esters is 1. The molecule has 0 saturated carbocycles. The van der Waals surface area contributed by atoms with E-state index in [4.69, 9.17) is 11.6 Å². The topological polar surface area (TPSA) is 55.4 Å². The van der Waals surface area contributed by atoms with Crippen molar-refractivity contribution >= 4 is 23.5 Å². The van der Waals surface area contributed by atoms with Crippen molar-refractivity contribution in [3.05, 3.63) is 35.9 Å². The molecule has 1 rings (SSSR count). The Kier molecular flexibility index (Phi) is 4.79. The first kappa shape index (κ1) is 12.5. The molecular formula is C11H12ClNO3. The zero-order valence-corrected chi connectivity index (χ0v) is 9.53. The third kappa shape index (κ3) is 3.24. The van der Waals surface area contributed by atoms with Crippen molar-refractivity contribution in [2.75, 3.05) is 13.0 Å². The highest BCUT2D eigenvalue weighted by atomic mass is 35.5. The molecule has 86 valence electrons. The van der Waals surface area contributed by atoms with Crippen molar-refractivity contribution in [1.82, 2.24) is 5.32 Å². The van der Waals surface area contributed by atoms with E-state index in [1.165, 1.54) is 7.11 Å². The Labute approximate surface area is 98.5 Å². The highest BCUT2D eigenvalue weighted by Gasteiger charge is 2.22. The summed E-state index contributed by atoms with van der Waals surface area (Å²) < 4.78 is 4.62. The van der Waals surface area contributed by atoms with Gasteiger partial charge in [-0.2, -0.15) is 0 Å². The van der Waals surface area contributed by atoms with Gasteiger partial charge in [-0.15, -0.1) is 11.6 Å². The van der Waals surface area contributed by atoms with E-state index in [2.05, 4.69) is 10.1 Å². The molecule has 1 unspecified atom stereocenters. The molecular weight excluding hydrogens is 230 g/mol. The van der Waals surface area contributed by atoms with Crippen molar-refractivity contribution in [3.8, 4) is 0 Å². The largest absolute Gasteiger partial charge is 0.467 e. The predicted molar refractivity (Wildman–Crippen MR) is 60.1 cm³/mol. The fourth-order valence-electron chi connectivity index (χ4n) is 1.24. The van der Waals surface area contributed by atoms with Crippen LogP contribution in [0.2, 0.25) is 0 Å².